The van der Waals surface area contributed by atoms with Crippen molar-refractivity contribution in [2.75, 3.05) is 19.8 Å². The van der Waals surface area contributed by atoms with Crippen molar-refractivity contribution in [1.29, 1.82) is 0 Å². The van der Waals surface area contributed by atoms with Crippen molar-refractivity contribution in [1.82, 2.24) is 5.32 Å². The van der Waals surface area contributed by atoms with Crippen LogP contribution in [0.3, 0.4) is 0 Å². The lowest BCUT2D eigenvalue weighted by atomic mass is 10.1. The average molecular weight is 329 g/mol. The summed E-state index contributed by atoms with van der Waals surface area (Å²) in [5, 5.41) is 14.3. The molecule has 1 aliphatic heterocycles. The van der Waals surface area contributed by atoms with E-state index in [9.17, 15) is 14.7 Å². The van der Waals surface area contributed by atoms with Gasteiger partial charge in [-0.2, -0.15) is 0 Å². The van der Waals surface area contributed by atoms with Crippen LogP contribution >= 0.6 is 0 Å². The molecule has 0 radical (unpaired) electrons. The largest absolute Gasteiger partial charge is 0.506 e. The summed E-state index contributed by atoms with van der Waals surface area (Å²) in [6.07, 6.45) is 1.95. The summed E-state index contributed by atoms with van der Waals surface area (Å²) in [7, 11) is 0. The number of aromatic hydroxyl groups is 1. The molecule has 0 aromatic heterocycles. The number of phenols is 1. The number of esters is 1. The molecule has 0 aliphatic carbocycles. The van der Waals surface area contributed by atoms with Gasteiger partial charge >= 0.3 is 5.97 Å². The van der Waals surface area contributed by atoms with Crippen LogP contribution < -0.4 is 5.32 Å². The number of ether oxygens (including phenoxy) is 2. The Morgan fingerprint density at radius 3 is 2.88 bits per heavy atom. The number of amides is 1. The number of carbonyl (C=O) groups excluding carboxylic acids is 2. The number of phenolic OH excluding ortho intramolecular Hbond substituents is 1. The van der Waals surface area contributed by atoms with Crippen molar-refractivity contribution < 1.29 is 24.2 Å². The molecule has 2 N–H and O–H groups in total. The first-order chi connectivity index (χ1) is 11.6. The van der Waals surface area contributed by atoms with Crippen molar-refractivity contribution in [3.8, 4) is 5.75 Å². The fraction of sp³-hybridized carbons (Fsp3) is 0.333. The van der Waals surface area contributed by atoms with Crippen molar-refractivity contribution >= 4 is 22.6 Å². The molecular weight excluding hydrogens is 310 g/mol. The standard InChI is InChI=1S/C18H19NO5/c20-16(19-10-13-5-3-9-23-13)11-24-18(22)15-8-7-12-4-1-2-6-14(12)17(15)21/h1-2,4,6-8,13,21H,3,5,9-11H2,(H,19,20)/t13-/m0/s1. The van der Waals surface area contributed by atoms with Gasteiger partial charge in [0.2, 0.25) is 0 Å². The van der Waals surface area contributed by atoms with Gasteiger partial charge in [0.25, 0.3) is 5.91 Å². The predicted molar refractivity (Wildman–Crippen MR) is 87.9 cm³/mol. The van der Waals surface area contributed by atoms with Crippen LogP contribution in [0.25, 0.3) is 10.8 Å². The zero-order chi connectivity index (χ0) is 16.9. The van der Waals surface area contributed by atoms with E-state index >= 15 is 0 Å². The Kier molecular flexibility index (Phi) is 4.96. The van der Waals surface area contributed by atoms with Crippen LogP contribution in [0.4, 0.5) is 0 Å². The Bertz CT molecular complexity index is 752. The first kappa shape index (κ1) is 16.3. The van der Waals surface area contributed by atoms with Gasteiger partial charge in [-0.15, -0.1) is 0 Å². The zero-order valence-electron chi connectivity index (χ0n) is 13.2. The van der Waals surface area contributed by atoms with Crippen LogP contribution in [0.15, 0.2) is 36.4 Å². The lowest BCUT2D eigenvalue weighted by Gasteiger charge is -2.11. The van der Waals surface area contributed by atoms with E-state index in [1.807, 2.05) is 12.1 Å². The molecule has 1 aliphatic rings. The SMILES string of the molecule is O=C(COC(=O)c1ccc2ccccc2c1O)NC[C@@H]1CCCO1. The van der Waals surface area contributed by atoms with E-state index in [1.54, 1.807) is 18.2 Å². The highest BCUT2D eigenvalue weighted by atomic mass is 16.5. The monoisotopic (exact) mass is 329 g/mol. The summed E-state index contributed by atoms with van der Waals surface area (Å²) in [4.78, 5) is 23.8. The summed E-state index contributed by atoms with van der Waals surface area (Å²) < 4.78 is 10.4. The van der Waals surface area contributed by atoms with E-state index < -0.39 is 12.6 Å². The molecule has 1 amide bonds. The molecule has 24 heavy (non-hydrogen) atoms. The molecule has 6 heteroatoms. The minimum Gasteiger partial charge on any atom is -0.506 e. The maximum absolute atomic E-state index is 12.1. The quantitative estimate of drug-likeness (QED) is 0.820. The number of carbonyl (C=O) groups is 2. The average Bonchev–Trinajstić information content (AvgIpc) is 3.12. The smallest absolute Gasteiger partial charge is 0.342 e. The minimum absolute atomic E-state index is 0.0363. The molecule has 3 rings (SSSR count). The van der Waals surface area contributed by atoms with Crippen molar-refractivity contribution in [3.05, 3.63) is 42.0 Å². The minimum atomic E-state index is -0.731. The van der Waals surface area contributed by atoms with Gasteiger partial charge < -0.3 is 19.9 Å². The number of hydrogen-bond donors (Lipinski definition) is 2. The van der Waals surface area contributed by atoms with Gasteiger partial charge in [-0.25, -0.2) is 4.79 Å². The van der Waals surface area contributed by atoms with Gasteiger partial charge in [-0.05, 0) is 24.3 Å². The number of rotatable bonds is 5. The molecule has 0 unspecified atom stereocenters. The van der Waals surface area contributed by atoms with Crippen LogP contribution in [0.2, 0.25) is 0 Å². The number of fused-ring (bicyclic) bond motifs is 1. The van der Waals surface area contributed by atoms with E-state index in [-0.39, 0.29) is 23.3 Å². The second kappa shape index (κ2) is 7.31. The fourth-order valence-electron chi connectivity index (χ4n) is 2.71. The van der Waals surface area contributed by atoms with Crippen LogP contribution in [0.1, 0.15) is 23.2 Å². The molecule has 0 saturated carbocycles. The van der Waals surface area contributed by atoms with E-state index in [0.29, 0.717) is 11.9 Å². The number of hydrogen-bond acceptors (Lipinski definition) is 5. The number of nitrogens with one attached hydrogen (secondary N) is 1. The van der Waals surface area contributed by atoms with E-state index in [1.165, 1.54) is 6.07 Å². The highest BCUT2D eigenvalue weighted by Gasteiger charge is 2.18. The molecule has 0 bridgehead atoms. The van der Waals surface area contributed by atoms with Crippen molar-refractivity contribution in [2.45, 2.75) is 18.9 Å². The van der Waals surface area contributed by atoms with Gasteiger partial charge in [0.1, 0.15) is 11.3 Å². The van der Waals surface area contributed by atoms with Gasteiger partial charge in [0.15, 0.2) is 6.61 Å². The maximum Gasteiger partial charge on any atom is 0.342 e. The van der Waals surface area contributed by atoms with Crippen LogP contribution in [-0.4, -0.2) is 42.8 Å². The summed E-state index contributed by atoms with van der Waals surface area (Å²) in [5.74, 6) is -1.26. The summed E-state index contributed by atoms with van der Waals surface area (Å²) in [5.41, 5.74) is 0.0422. The van der Waals surface area contributed by atoms with Crippen LogP contribution in [0, 0.1) is 0 Å². The first-order valence-corrected chi connectivity index (χ1v) is 7.91. The highest BCUT2D eigenvalue weighted by Crippen LogP contribution is 2.28. The fourth-order valence-corrected chi connectivity index (χ4v) is 2.71. The molecule has 2 aromatic rings. The van der Waals surface area contributed by atoms with Crippen LogP contribution in [-0.2, 0) is 14.3 Å². The third kappa shape index (κ3) is 3.65. The summed E-state index contributed by atoms with van der Waals surface area (Å²) in [6, 6.07) is 10.4. The van der Waals surface area contributed by atoms with Crippen LogP contribution in [0.5, 0.6) is 5.75 Å². The Morgan fingerprint density at radius 2 is 2.08 bits per heavy atom. The predicted octanol–water partition coefficient (Wildman–Crippen LogP) is 2.00. The lowest BCUT2D eigenvalue weighted by molar-refractivity contribution is -0.124. The van der Waals surface area contributed by atoms with Crippen molar-refractivity contribution in [3.63, 3.8) is 0 Å². The molecule has 1 saturated heterocycles. The molecule has 126 valence electrons. The van der Waals surface area contributed by atoms with Crippen molar-refractivity contribution in [2.24, 2.45) is 0 Å². The third-order valence-electron chi connectivity index (χ3n) is 4.01. The molecular formula is C18H19NO5. The van der Waals surface area contributed by atoms with E-state index in [2.05, 4.69) is 5.32 Å². The Hall–Kier alpha value is -2.60. The van der Waals surface area contributed by atoms with Gasteiger partial charge in [0.05, 0.1) is 6.10 Å². The van der Waals surface area contributed by atoms with E-state index in [4.69, 9.17) is 9.47 Å². The number of benzene rings is 2. The molecule has 0 spiro atoms. The maximum atomic E-state index is 12.1. The van der Waals surface area contributed by atoms with E-state index in [0.717, 1.165) is 24.8 Å². The molecule has 1 heterocycles. The molecule has 2 aromatic carbocycles. The Balaban J connectivity index is 1.56. The summed E-state index contributed by atoms with van der Waals surface area (Å²) >= 11 is 0. The second-order valence-electron chi connectivity index (χ2n) is 5.70. The Morgan fingerprint density at radius 1 is 1.25 bits per heavy atom. The second-order valence-corrected chi connectivity index (χ2v) is 5.70. The molecule has 6 nitrogen and oxygen atoms in total. The zero-order valence-corrected chi connectivity index (χ0v) is 13.2. The normalized spacial score (nSPS) is 16.9. The molecule has 1 fully saturated rings. The highest BCUT2D eigenvalue weighted by molar-refractivity contribution is 6.01. The third-order valence-corrected chi connectivity index (χ3v) is 4.01. The lowest BCUT2D eigenvalue weighted by Crippen LogP contribution is -2.34. The van der Waals surface area contributed by atoms with Gasteiger partial charge in [-0.3, -0.25) is 4.79 Å². The van der Waals surface area contributed by atoms with Gasteiger partial charge in [0, 0.05) is 18.5 Å². The first-order valence-electron chi connectivity index (χ1n) is 7.91. The van der Waals surface area contributed by atoms with Gasteiger partial charge in [-0.1, -0.05) is 30.3 Å². The topological polar surface area (TPSA) is 84.9 Å². The summed E-state index contributed by atoms with van der Waals surface area (Å²) in [6.45, 7) is 0.742. The molecule has 1 atom stereocenters. The Labute approximate surface area is 139 Å².